The predicted molar refractivity (Wildman–Crippen MR) is 184 cm³/mol. The first-order chi connectivity index (χ1) is 23.5. The van der Waals surface area contributed by atoms with Crippen molar-refractivity contribution in [2.24, 2.45) is 17.8 Å². The Morgan fingerprint density at radius 2 is 1.48 bits per heavy atom. The van der Waals surface area contributed by atoms with Crippen LogP contribution in [0.25, 0.3) is 11.1 Å². The number of benzene rings is 3. The Bertz CT molecular complexity index is 1540. The lowest BCUT2D eigenvalue weighted by atomic mass is 9.53. The number of nitrogens with one attached hydrogen (secondary N) is 2. The van der Waals surface area contributed by atoms with Crippen molar-refractivity contribution in [1.82, 2.24) is 15.5 Å². The van der Waals surface area contributed by atoms with Gasteiger partial charge in [-0.1, -0.05) is 60.7 Å². The van der Waals surface area contributed by atoms with Crippen LogP contribution in [0, 0.1) is 17.8 Å². The molecule has 4 saturated carbocycles. The molecule has 0 spiro atoms. The third kappa shape index (κ3) is 7.19. The van der Waals surface area contributed by atoms with Gasteiger partial charge in [0, 0.05) is 43.7 Å². The molecule has 254 valence electrons. The number of amides is 2. The van der Waals surface area contributed by atoms with Crippen LogP contribution in [-0.4, -0.2) is 60.5 Å². The Kier molecular flexibility index (Phi) is 9.27. The van der Waals surface area contributed by atoms with Crippen LogP contribution in [0.4, 0.5) is 4.79 Å². The first-order valence-electron chi connectivity index (χ1n) is 18.1. The third-order valence-electron chi connectivity index (χ3n) is 11.5. The fraction of sp³-hybridized carbons (Fsp3) is 0.525. The summed E-state index contributed by atoms with van der Waals surface area (Å²) in [5.74, 6) is 2.40. The molecular weight excluding hydrogens is 602 g/mol. The van der Waals surface area contributed by atoms with E-state index in [0.717, 1.165) is 110 Å². The predicted octanol–water partition coefficient (Wildman–Crippen LogP) is 6.49. The molecule has 3 N–H and O–H groups in total. The number of rotatable bonds is 9. The van der Waals surface area contributed by atoms with Crippen molar-refractivity contribution < 1.29 is 24.1 Å². The molecule has 3 atom stereocenters. The number of morpholine rings is 1. The zero-order chi connectivity index (χ0) is 32.5. The Labute approximate surface area is 284 Å². The molecule has 48 heavy (non-hydrogen) atoms. The average Bonchev–Trinajstić information content (AvgIpc) is 3.10. The van der Waals surface area contributed by atoms with Crippen LogP contribution in [0.5, 0.6) is 0 Å². The molecule has 0 aromatic heterocycles. The third-order valence-corrected chi connectivity index (χ3v) is 11.5. The minimum absolute atomic E-state index is 0.00648. The molecule has 2 saturated heterocycles. The standard InChI is InChI=1S/C40H49N3O5/c44-26-27-7-9-32(10-8-27)37-20-36(25-43-11-13-46-14-12-43)47-38(48-37)35-6-2-5-34(19-35)33-4-1-3-28(18-33)24-41-39(45)42-40-21-29-15-30(22-40)17-31(16-29)23-40/h1-10,18-19,29-31,36-38,44H,11-17,20-26H2,(H2,41,42,45)/t29?,30?,31?,36-,37+,38+,40?/m0/s1. The number of hydrogen-bond acceptors (Lipinski definition) is 6. The largest absolute Gasteiger partial charge is 0.392 e. The number of nitrogens with zero attached hydrogens (tertiary/aromatic N) is 1. The van der Waals surface area contributed by atoms with Crippen LogP contribution in [-0.2, 0) is 27.4 Å². The molecule has 6 aliphatic rings. The maximum Gasteiger partial charge on any atom is 0.315 e. The van der Waals surface area contributed by atoms with Gasteiger partial charge in [-0.2, -0.15) is 0 Å². The van der Waals surface area contributed by atoms with E-state index in [1.807, 2.05) is 12.1 Å². The van der Waals surface area contributed by atoms with Crippen molar-refractivity contribution in [3.05, 3.63) is 95.1 Å². The number of carbonyl (C=O) groups is 1. The summed E-state index contributed by atoms with van der Waals surface area (Å²) in [5, 5.41) is 16.2. The molecule has 8 heteroatoms. The van der Waals surface area contributed by atoms with Gasteiger partial charge in [-0.25, -0.2) is 4.79 Å². The average molecular weight is 652 g/mol. The number of aliphatic hydroxyl groups is 1. The van der Waals surface area contributed by atoms with E-state index in [2.05, 4.69) is 76.2 Å². The van der Waals surface area contributed by atoms with Crippen LogP contribution in [0.3, 0.4) is 0 Å². The van der Waals surface area contributed by atoms with E-state index < -0.39 is 6.29 Å². The first-order valence-corrected chi connectivity index (χ1v) is 18.1. The quantitative estimate of drug-likeness (QED) is 0.245. The van der Waals surface area contributed by atoms with Crippen LogP contribution < -0.4 is 10.6 Å². The van der Waals surface area contributed by atoms with E-state index in [4.69, 9.17) is 14.2 Å². The van der Waals surface area contributed by atoms with Gasteiger partial charge < -0.3 is 30.0 Å². The van der Waals surface area contributed by atoms with Crippen molar-refractivity contribution in [2.75, 3.05) is 32.8 Å². The number of hydrogen-bond donors (Lipinski definition) is 3. The monoisotopic (exact) mass is 651 g/mol. The van der Waals surface area contributed by atoms with Gasteiger partial charge in [-0.05, 0) is 96.2 Å². The maximum atomic E-state index is 13.1. The first kappa shape index (κ1) is 32.0. The van der Waals surface area contributed by atoms with Crippen molar-refractivity contribution in [3.63, 3.8) is 0 Å². The van der Waals surface area contributed by atoms with Crippen molar-refractivity contribution in [3.8, 4) is 11.1 Å². The van der Waals surface area contributed by atoms with Gasteiger partial charge in [0.1, 0.15) is 0 Å². The van der Waals surface area contributed by atoms with Gasteiger partial charge in [-0.3, -0.25) is 4.90 Å². The lowest BCUT2D eigenvalue weighted by molar-refractivity contribution is -0.253. The molecule has 2 amide bonds. The lowest BCUT2D eigenvalue weighted by Crippen LogP contribution is -2.61. The van der Waals surface area contributed by atoms with Gasteiger partial charge in [0.25, 0.3) is 0 Å². The fourth-order valence-electron chi connectivity index (χ4n) is 9.56. The van der Waals surface area contributed by atoms with E-state index in [-0.39, 0.29) is 30.4 Å². The van der Waals surface area contributed by atoms with Gasteiger partial charge in [0.2, 0.25) is 0 Å². The van der Waals surface area contributed by atoms with E-state index in [0.29, 0.717) is 6.54 Å². The molecule has 6 fully saturated rings. The summed E-state index contributed by atoms with van der Waals surface area (Å²) >= 11 is 0. The zero-order valence-corrected chi connectivity index (χ0v) is 27.8. The van der Waals surface area contributed by atoms with Crippen LogP contribution in [0.2, 0.25) is 0 Å². The summed E-state index contributed by atoms with van der Waals surface area (Å²) < 4.78 is 18.9. The summed E-state index contributed by atoms with van der Waals surface area (Å²) in [5.41, 5.74) is 6.22. The number of urea groups is 1. The number of ether oxygens (including phenoxy) is 3. The minimum atomic E-state index is -0.509. The van der Waals surface area contributed by atoms with E-state index in [9.17, 15) is 9.90 Å². The molecule has 3 aromatic rings. The summed E-state index contributed by atoms with van der Waals surface area (Å²) in [6, 6.07) is 24.9. The van der Waals surface area contributed by atoms with E-state index in [1.165, 1.54) is 19.3 Å². The highest BCUT2D eigenvalue weighted by Crippen LogP contribution is 2.55. The van der Waals surface area contributed by atoms with Gasteiger partial charge >= 0.3 is 6.03 Å². The second-order valence-electron chi connectivity index (χ2n) is 15.1. The number of aliphatic hydroxyl groups excluding tert-OH is 1. The second-order valence-corrected chi connectivity index (χ2v) is 15.1. The highest BCUT2D eigenvalue weighted by atomic mass is 16.7. The fourth-order valence-corrected chi connectivity index (χ4v) is 9.56. The summed E-state index contributed by atoms with van der Waals surface area (Å²) in [6.45, 7) is 4.66. The summed E-state index contributed by atoms with van der Waals surface area (Å²) in [4.78, 5) is 15.5. The molecule has 0 unspecified atom stereocenters. The van der Waals surface area contributed by atoms with E-state index >= 15 is 0 Å². The molecule has 4 aliphatic carbocycles. The molecule has 4 bridgehead atoms. The Morgan fingerprint density at radius 3 is 2.19 bits per heavy atom. The minimum Gasteiger partial charge on any atom is -0.392 e. The molecule has 0 radical (unpaired) electrons. The zero-order valence-electron chi connectivity index (χ0n) is 27.8. The topological polar surface area (TPSA) is 92.3 Å². The Balaban J connectivity index is 0.949. The molecule has 8 nitrogen and oxygen atoms in total. The highest BCUT2D eigenvalue weighted by molar-refractivity contribution is 5.75. The van der Waals surface area contributed by atoms with Crippen molar-refractivity contribution in [2.45, 2.75) is 82.1 Å². The van der Waals surface area contributed by atoms with Crippen molar-refractivity contribution >= 4 is 6.03 Å². The van der Waals surface area contributed by atoms with Crippen molar-refractivity contribution in [1.29, 1.82) is 0 Å². The molecule has 2 aliphatic heterocycles. The van der Waals surface area contributed by atoms with Crippen LogP contribution >= 0.6 is 0 Å². The Hall–Kier alpha value is -3.27. The molecule has 9 rings (SSSR count). The molecular formula is C40H49N3O5. The molecule has 2 heterocycles. The molecule has 3 aromatic carbocycles. The summed E-state index contributed by atoms with van der Waals surface area (Å²) in [6.07, 6.45) is 7.69. The second kappa shape index (κ2) is 13.9. The van der Waals surface area contributed by atoms with Gasteiger partial charge in [0.05, 0.1) is 32.0 Å². The highest BCUT2D eigenvalue weighted by Gasteiger charge is 2.51. The van der Waals surface area contributed by atoms with Gasteiger partial charge in [0.15, 0.2) is 6.29 Å². The van der Waals surface area contributed by atoms with Crippen LogP contribution in [0.15, 0.2) is 72.8 Å². The smallest absolute Gasteiger partial charge is 0.315 e. The number of carbonyl (C=O) groups excluding carboxylic acids is 1. The van der Waals surface area contributed by atoms with Gasteiger partial charge in [-0.15, -0.1) is 0 Å². The maximum absolute atomic E-state index is 13.1. The van der Waals surface area contributed by atoms with E-state index in [1.54, 1.807) is 0 Å². The lowest BCUT2D eigenvalue weighted by Gasteiger charge is -2.56. The Morgan fingerprint density at radius 1 is 0.792 bits per heavy atom. The van der Waals surface area contributed by atoms with Crippen LogP contribution in [0.1, 0.15) is 79.6 Å². The summed E-state index contributed by atoms with van der Waals surface area (Å²) in [7, 11) is 0. The SMILES string of the molecule is O=C(NCc1cccc(-c2cccc([C@@H]3O[C@H](CN4CCOCC4)C[C@H](c4ccc(CO)cc4)O3)c2)c1)NC12CC3CC(CC(C3)C1)C2. The normalized spacial score (nSPS) is 31.4.